The molecule has 0 unspecified atom stereocenters. The van der Waals surface area contributed by atoms with Crippen molar-refractivity contribution in [2.75, 3.05) is 5.73 Å². The van der Waals surface area contributed by atoms with Gasteiger partial charge in [0.2, 0.25) is 0 Å². The minimum Gasteiger partial charge on any atom is -0.448 e. The molecule has 4 heteroatoms. The lowest BCUT2D eigenvalue weighted by Gasteiger charge is -2.00. The first kappa shape index (κ1) is 8.74. The zero-order valence-electron chi connectivity index (χ0n) is 7.62. The van der Waals surface area contributed by atoms with E-state index in [4.69, 9.17) is 10.2 Å². The van der Waals surface area contributed by atoms with Gasteiger partial charge in [-0.15, -0.1) is 0 Å². The summed E-state index contributed by atoms with van der Waals surface area (Å²) in [6, 6.07) is 4.49. The van der Waals surface area contributed by atoms with Gasteiger partial charge in [0.05, 0.1) is 0 Å². The molecule has 0 bridgehead atoms. The van der Waals surface area contributed by atoms with E-state index < -0.39 is 0 Å². The van der Waals surface area contributed by atoms with E-state index in [9.17, 15) is 4.39 Å². The van der Waals surface area contributed by atoms with Gasteiger partial charge in [-0.1, -0.05) is 0 Å². The number of anilines is 1. The van der Waals surface area contributed by atoms with Crippen molar-refractivity contribution in [3.05, 3.63) is 36.2 Å². The predicted octanol–water partition coefficient (Wildman–Crippen LogP) is 2.37. The third-order valence-corrected chi connectivity index (χ3v) is 1.99. The molecule has 72 valence electrons. The zero-order chi connectivity index (χ0) is 10.1. The minimum absolute atomic E-state index is 0.387. The topological polar surface area (TPSA) is 52.0 Å². The molecule has 0 atom stereocenters. The smallest absolute Gasteiger partial charge is 0.181 e. The van der Waals surface area contributed by atoms with Crippen molar-refractivity contribution in [1.82, 2.24) is 4.98 Å². The number of halogens is 1. The van der Waals surface area contributed by atoms with Crippen LogP contribution < -0.4 is 5.73 Å². The largest absolute Gasteiger partial charge is 0.448 e. The number of aryl methyl sites for hydroxylation is 1. The van der Waals surface area contributed by atoms with Crippen LogP contribution >= 0.6 is 0 Å². The number of hydrogen-bond donors (Lipinski definition) is 1. The van der Waals surface area contributed by atoms with Crippen molar-refractivity contribution in [1.29, 1.82) is 0 Å². The summed E-state index contributed by atoms with van der Waals surface area (Å²) in [5, 5.41) is 0. The lowest BCUT2D eigenvalue weighted by molar-refractivity contribution is 0.527. The second-order valence-electron chi connectivity index (χ2n) is 3.00. The third kappa shape index (κ3) is 1.35. The fourth-order valence-electron chi connectivity index (χ4n) is 1.29. The minimum atomic E-state index is -0.387. The van der Waals surface area contributed by atoms with Crippen LogP contribution in [0.15, 0.2) is 29.0 Å². The Balaban J connectivity index is 2.58. The standard InChI is InChI=1S/C10H9FN2O/c1-6-10(13-5-14-6)8-3-2-7(12)4-9(8)11/h2-5H,12H2,1H3. The Hall–Kier alpha value is -1.84. The molecule has 1 aromatic carbocycles. The van der Waals surface area contributed by atoms with Crippen LogP contribution in [0.1, 0.15) is 5.76 Å². The van der Waals surface area contributed by atoms with Gasteiger partial charge in [-0.05, 0) is 25.1 Å². The molecule has 2 N–H and O–H groups in total. The number of aromatic nitrogens is 1. The summed E-state index contributed by atoms with van der Waals surface area (Å²) in [6.45, 7) is 1.73. The summed E-state index contributed by atoms with van der Waals surface area (Å²) >= 11 is 0. The fourth-order valence-corrected chi connectivity index (χ4v) is 1.29. The van der Waals surface area contributed by atoms with E-state index in [1.165, 1.54) is 12.5 Å². The maximum Gasteiger partial charge on any atom is 0.181 e. The van der Waals surface area contributed by atoms with Crippen molar-refractivity contribution in [2.45, 2.75) is 6.92 Å². The number of nitrogens with two attached hydrogens (primary N) is 1. The molecule has 0 aliphatic carbocycles. The van der Waals surface area contributed by atoms with Crippen LogP contribution in [0.4, 0.5) is 10.1 Å². The van der Waals surface area contributed by atoms with E-state index >= 15 is 0 Å². The number of oxazole rings is 1. The molecule has 3 nitrogen and oxygen atoms in total. The molecule has 0 aliphatic heterocycles. The molecule has 0 aliphatic rings. The van der Waals surface area contributed by atoms with Gasteiger partial charge in [-0.25, -0.2) is 9.37 Å². The van der Waals surface area contributed by atoms with E-state index in [1.54, 1.807) is 19.1 Å². The molecule has 0 saturated carbocycles. The Kier molecular flexibility index (Phi) is 1.96. The number of nitrogens with zero attached hydrogens (tertiary/aromatic N) is 1. The van der Waals surface area contributed by atoms with Crippen LogP contribution in [0.25, 0.3) is 11.3 Å². The quantitative estimate of drug-likeness (QED) is 0.705. The second kappa shape index (κ2) is 3.14. The summed E-state index contributed by atoms with van der Waals surface area (Å²) < 4.78 is 18.4. The summed E-state index contributed by atoms with van der Waals surface area (Å²) in [5.41, 5.74) is 6.75. The van der Waals surface area contributed by atoms with Gasteiger partial charge < -0.3 is 10.2 Å². The van der Waals surface area contributed by atoms with Crippen molar-refractivity contribution < 1.29 is 8.81 Å². The maximum atomic E-state index is 13.4. The van der Waals surface area contributed by atoms with Gasteiger partial charge in [0.25, 0.3) is 0 Å². The molecule has 0 fully saturated rings. The Bertz CT molecular complexity index is 465. The lowest BCUT2D eigenvalue weighted by Crippen LogP contribution is -1.90. The average Bonchev–Trinajstić information content (AvgIpc) is 2.52. The van der Waals surface area contributed by atoms with Crippen molar-refractivity contribution in [3.8, 4) is 11.3 Å². The SMILES string of the molecule is Cc1ocnc1-c1ccc(N)cc1F. The van der Waals surface area contributed by atoms with E-state index in [1.807, 2.05) is 0 Å². The molecule has 0 spiro atoms. The second-order valence-corrected chi connectivity index (χ2v) is 3.00. The normalized spacial score (nSPS) is 10.4. The zero-order valence-corrected chi connectivity index (χ0v) is 7.62. The van der Waals surface area contributed by atoms with E-state index in [2.05, 4.69) is 4.98 Å². The van der Waals surface area contributed by atoms with Crippen LogP contribution in [-0.2, 0) is 0 Å². The number of rotatable bonds is 1. The molecule has 2 aromatic rings. The summed E-state index contributed by atoms with van der Waals surface area (Å²) in [7, 11) is 0. The van der Waals surface area contributed by atoms with Crippen LogP contribution in [0.3, 0.4) is 0 Å². The van der Waals surface area contributed by atoms with Gasteiger partial charge in [0.1, 0.15) is 17.3 Å². The van der Waals surface area contributed by atoms with Gasteiger partial charge in [-0.2, -0.15) is 0 Å². The molecule has 0 amide bonds. The van der Waals surface area contributed by atoms with E-state index in [-0.39, 0.29) is 5.82 Å². The lowest BCUT2D eigenvalue weighted by atomic mass is 10.1. The molecule has 0 saturated heterocycles. The number of nitrogen functional groups attached to an aromatic ring is 1. The van der Waals surface area contributed by atoms with Gasteiger partial charge in [-0.3, -0.25) is 0 Å². The van der Waals surface area contributed by atoms with Gasteiger partial charge in [0.15, 0.2) is 6.39 Å². The molecular formula is C10H9FN2O. The highest BCUT2D eigenvalue weighted by molar-refractivity contribution is 5.64. The van der Waals surface area contributed by atoms with Crippen LogP contribution in [0.2, 0.25) is 0 Å². The first-order chi connectivity index (χ1) is 6.68. The molecule has 1 aromatic heterocycles. The Morgan fingerprint density at radius 2 is 2.21 bits per heavy atom. The first-order valence-corrected chi connectivity index (χ1v) is 4.14. The summed E-state index contributed by atoms with van der Waals surface area (Å²) in [4.78, 5) is 3.93. The van der Waals surface area contributed by atoms with Gasteiger partial charge >= 0.3 is 0 Å². The fraction of sp³-hybridized carbons (Fsp3) is 0.100. The number of benzene rings is 1. The molecule has 1 heterocycles. The first-order valence-electron chi connectivity index (χ1n) is 4.14. The average molecular weight is 192 g/mol. The molecule has 14 heavy (non-hydrogen) atoms. The van der Waals surface area contributed by atoms with Crippen LogP contribution in [0, 0.1) is 12.7 Å². The van der Waals surface area contributed by atoms with E-state index in [0.717, 1.165) is 0 Å². The van der Waals surface area contributed by atoms with Crippen LogP contribution in [-0.4, -0.2) is 4.98 Å². The summed E-state index contributed by atoms with van der Waals surface area (Å²) in [5.74, 6) is 0.204. The highest BCUT2D eigenvalue weighted by Gasteiger charge is 2.11. The van der Waals surface area contributed by atoms with Crippen molar-refractivity contribution in [2.24, 2.45) is 0 Å². The maximum absolute atomic E-state index is 13.4. The Labute approximate surface area is 80.4 Å². The summed E-state index contributed by atoms with van der Waals surface area (Å²) in [6.07, 6.45) is 1.29. The number of hydrogen-bond acceptors (Lipinski definition) is 3. The Morgan fingerprint density at radius 1 is 1.43 bits per heavy atom. The highest BCUT2D eigenvalue weighted by atomic mass is 19.1. The molecular weight excluding hydrogens is 183 g/mol. The predicted molar refractivity (Wildman–Crippen MR) is 51.0 cm³/mol. The van der Waals surface area contributed by atoms with E-state index in [0.29, 0.717) is 22.7 Å². The molecule has 0 radical (unpaired) electrons. The third-order valence-electron chi connectivity index (χ3n) is 1.99. The molecule has 2 rings (SSSR count). The highest BCUT2D eigenvalue weighted by Crippen LogP contribution is 2.25. The van der Waals surface area contributed by atoms with Crippen molar-refractivity contribution >= 4 is 5.69 Å². The monoisotopic (exact) mass is 192 g/mol. The van der Waals surface area contributed by atoms with Gasteiger partial charge in [0, 0.05) is 11.3 Å². The van der Waals surface area contributed by atoms with Crippen molar-refractivity contribution in [3.63, 3.8) is 0 Å². The van der Waals surface area contributed by atoms with Crippen LogP contribution in [0.5, 0.6) is 0 Å². The Morgan fingerprint density at radius 3 is 2.79 bits per heavy atom.